The van der Waals surface area contributed by atoms with Crippen LogP contribution in [0.3, 0.4) is 0 Å². The molecule has 0 amide bonds. The molecule has 0 saturated heterocycles. The Kier molecular flexibility index (Phi) is 2.99. The zero-order chi connectivity index (χ0) is 10.9. The molecule has 0 bridgehead atoms. The van der Waals surface area contributed by atoms with Gasteiger partial charge >= 0.3 is 6.18 Å². The molecule has 0 saturated carbocycles. The van der Waals surface area contributed by atoms with Crippen molar-refractivity contribution in [3.05, 3.63) is 33.8 Å². The smallest absolute Gasteiger partial charge is 0.294 e. The van der Waals surface area contributed by atoms with Gasteiger partial charge in [-0.1, -0.05) is 15.9 Å². The van der Waals surface area contributed by atoms with Crippen molar-refractivity contribution in [1.29, 1.82) is 0 Å². The molecule has 5 heteroatoms. The standard InChI is InChI=1S/C9H6BrF3O/c1-5(14)7-3-2-6(4-8(7)10)9(11,12)13/h2-4H,1H3. The summed E-state index contributed by atoms with van der Waals surface area (Å²) >= 11 is 2.92. The van der Waals surface area contributed by atoms with E-state index in [0.29, 0.717) is 0 Å². The fourth-order valence-corrected chi connectivity index (χ4v) is 1.63. The van der Waals surface area contributed by atoms with E-state index in [2.05, 4.69) is 15.9 Å². The quantitative estimate of drug-likeness (QED) is 0.709. The van der Waals surface area contributed by atoms with E-state index >= 15 is 0 Å². The van der Waals surface area contributed by atoms with Crippen molar-refractivity contribution in [3.63, 3.8) is 0 Å². The number of ketones is 1. The van der Waals surface area contributed by atoms with Crippen LogP contribution in [0.15, 0.2) is 22.7 Å². The van der Waals surface area contributed by atoms with Crippen LogP contribution >= 0.6 is 15.9 Å². The van der Waals surface area contributed by atoms with Gasteiger partial charge in [-0.3, -0.25) is 4.79 Å². The van der Waals surface area contributed by atoms with Crippen LogP contribution < -0.4 is 0 Å². The number of benzene rings is 1. The maximum Gasteiger partial charge on any atom is 0.416 e. The number of hydrogen-bond acceptors (Lipinski definition) is 1. The predicted molar refractivity (Wildman–Crippen MR) is 49.1 cm³/mol. The first-order valence-corrected chi connectivity index (χ1v) is 4.49. The van der Waals surface area contributed by atoms with Crippen LogP contribution in [0.5, 0.6) is 0 Å². The zero-order valence-corrected chi connectivity index (χ0v) is 8.74. The largest absolute Gasteiger partial charge is 0.416 e. The van der Waals surface area contributed by atoms with E-state index in [4.69, 9.17) is 0 Å². The number of rotatable bonds is 1. The third kappa shape index (κ3) is 2.35. The Bertz CT molecular complexity index is 371. The van der Waals surface area contributed by atoms with E-state index < -0.39 is 11.7 Å². The molecule has 0 atom stereocenters. The van der Waals surface area contributed by atoms with Crippen LogP contribution in [0.25, 0.3) is 0 Å². The van der Waals surface area contributed by atoms with Crippen molar-refractivity contribution in [2.24, 2.45) is 0 Å². The van der Waals surface area contributed by atoms with Gasteiger partial charge in [0.1, 0.15) is 0 Å². The minimum absolute atomic E-state index is 0.167. The molecular formula is C9H6BrF3O. The van der Waals surface area contributed by atoms with Crippen LogP contribution in [0, 0.1) is 0 Å². The molecule has 0 aliphatic heterocycles. The maximum atomic E-state index is 12.2. The number of halogens is 4. The Morgan fingerprint density at radius 2 is 1.93 bits per heavy atom. The Labute approximate surface area is 87.1 Å². The molecule has 0 heterocycles. The van der Waals surface area contributed by atoms with Crippen molar-refractivity contribution in [2.75, 3.05) is 0 Å². The second-order valence-electron chi connectivity index (χ2n) is 2.75. The first-order valence-electron chi connectivity index (χ1n) is 3.70. The van der Waals surface area contributed by atoms with Crippen LogP contribution in [-0.4, -0.2) is 5.78 Å². The number of alkyl halides is 3. The average molecular weight is 267 g/mol. The van der Waals surface area contributed by atoms with Crippen LogP contribution in [0.2, 0.25) is 0 Å². The molecular weight excluding hydrogens is 261 g/mol. The summed E-state index contributed by atoms with van der Waals surface area (Å²) in [7, 11) is 0. The highest BCUT2D eigenvalue weighted by molar-refractivity contribution is 9.10. The third-order valence-electron chi connectivity index (χ3n) is 1.68. The van der Waals surface area contributed by atoms with E-state index in [0.717, 1.165) is 18.2 Å². The van der Waals surface area contributed by atoms with Gasteiger partial charge in [0.2, 0.25) is 0 Å². The molecule has 1 rings (SSSR count). The molecule has 0 aromatic heterocycles. The van der Waals surface area contributed by atoms with E-state index in [1.807, 2.05) is 0 Å². The lowest BCUT2D eigenvalue weighted by Crippen LogP contribution is -2.06. The summed E-state index contributed by atoms with van der Waals surface area (Å²) in [6, 6.07) is 2.95. The van der Waals surface area contributed by atoms with Gasteiger partial charge in [-0.05, 0) is 25.1 Å². The van der Waals surface area contributed by atoms with Crippen molar-refractivity contribution in [1.82, 2.24) is 0 Å². The van der Waals surface area contributed by atoms with E-state index in [1.54, 1.807) is 0 Å². The number of Topliss-reactive ketones (excluding diaryl/α,β-unsaturated/α-hetero) is 1. The van der Waals surface area contributed by atoms with Crippen molar-refractivity contribution in [3.8, 4) is 0 Å². The second-order valence-corrected chi connectivity index (χ2v) is 3.60. The molecule has 0 fully saturated rings. The predicted octanol–water partition coefficient (Wildman–Crippen LogP) is 3.67. The van der Waals surface area contributed by atoms with Crippen molar-refractivity contribution in [2.45, 2.75) is 13.1 Å². The number of carbonyl (C=O) groups excluding carboxylic acids is 1. The lowest BCUT2D eigenvalue weighted by molar-refractivity contribution is -0.137. The first-order chi connectivity index (χ1) is 6.32. The Morgan fingerprint density at radius 3 is 2.29 bits per heavy atom. The van der Waals surface area contributed by atoms with E-state index in [9.17, 15) is 18.0 Å². The van der Waals surface area contributed by atoms with Gasteiger partial charge in [0, 0.05) is 10.0 Å². The number of carbonyl (C=O) groups is 1. The molecule has 1 aromatic rings. The Balaban J connectivity index is 3.20. The first kappa shape index (κ1) is 11.2. The van der Waals surface area contributed by atoms with Crippen LogP contribution in [0.4, 0.5) is 13.2 Å². The molecule has 76 valence electrons. The summed E-state index contributed by atoms with van der Waals surface area (Å²) in [6.45, 7) is 1.30. The summed E-state index contributed by atoms with van der Waals surface area (Å²) < 4.78 is 36.8. The highest BCUT2D eigenvalue weighted by Gasteiger charge is 2.30. The Morgan fingerprint density at radius 1 is 1.36 bits per heavy atom. The molecule has 0 radical (unpaired) electrons. The lowest BCUT2D eigenvalue weighted by Gasteiger charge is -2.08. The van der Waals surface area contributed by atoms with Gasteiger partial charge < -0.3 is 0 Å². The molecule has 0 N–H and O–H groups in total. The highest BCUT2D eigenvalue weighted by atomic mass is 79.9. The van der Waals surface area contributed by atoms with Crippen LogP contribution in [-0.2, 0) is 6.18 Å². The SMILES string of the molecule is CC(=O)c1ccc(C(F)(F)F)cc1Br. The molecule has 0 aliphatic rings. The van der Waals surface area contributed by atoms with Crippen LogP contribution in [0.1, 0.15) is 22.8 Å². The van der Waals surface area contributed by atoms with Crippen molar-refractivity contribution >= 4 is 21.7 Å². The molecule has 14 heavy (non-hydrogen) atoms. The Hall–Kier alpha value is -0.840. The van der Waals surface area contributed by atoms with Gasteiger partial charge in [0.05, 0.1) is 5.56 Å². The second kappa shape index (κ2) is 3.73. The van der Waals surface area contributed by atoms with E-state index in [1.165, 1.54) is 6.92 Å². The minimum Gasteiger partial charge on any atom is -0.294 e. The van der Waals surface area contributed by atoms with Gasteiger partial charge in [-0.2, -0.15) is 13.2 Å². The summed E-state index contributed by atoms with van der Waals surface area (Å²) in [4.78, 5) is 10.9. The normalized spacial score (nSPS) is 11.5. The summed E-state index contributed by atoms with van der Waals surface area (Å²) in [5.41, 5.74) is -0.521. The fourth-order valence-electron chi connectivity index (χ4n) is 0.977. The fraction of sp³-hybridized carbons (Fsp3) is 0.222. The maximum absolute atomic E-state index is 12.2. The van der Waals surface area contributed by atoms with Gasteiger partial charge in [-0.15, -0.1) is 0 Å². The van der Waals surface area contributed by atoms with E-state index in [-0.39, 0.29) is 15.8 Å². The van der Waals surface area contributed by atoms with Gasteiger partial charge in [0.25, 0.3) is 0 Å². The third-order valence-corrected chi connectivity index (χ3v) is 2.33. The molecule has 1 nitrogen and oxygen atoms in total. The topological polar surface area (TPSA) is 17.1 Å². The minimum atomic E-state index is -4.38. The molecule has 0 aliphatic carbocycles. The summed E-state index contributed by atoms with van der Waals surface area (Å²) in [5, 5.41) is 0. The number of hydrogen-bond donors (Lipinski definition) is 0. The van der Waals surface area contributed by atoms with Gasteiger partial charge in [0.15, 0.2) is 5.78 Å². The molecule has 0 unspecified atom stereocenters. The monoisotopic (exact) mass is 266 g/mol. The molecule has 0 spiro atoms. The zero-order valence-electron chi connectivity index (χ0n) is 7.15. The van der Waals surface area contributed by atoms with Crippen molar-refractivity contribution < 1.29 is 18.0 Å². The highest BCUT2D eigenvalue weighted by Crippen LogP contribution is 2.32. The lowest BCUT2D eigenvalue weighted by atomic mass is 10.1. The van der Waals surface area contributed by atoms with Gasteiger partial charge in [-0.25, -0.2) is 0 Å². The molecule has 1 aromatic carbocycles. The average Bonchev–Trinajstić information content (AvgIpc) is 2.01. The summed E-state index contributed by atoms with van der Waals surface area (Å²) in [5.74, 6) is -0.273. The summed E-state index contributed by atoms with van der Waals surface area (Å²) in [6.07, 6.45) is -4.38.